The molecule has 0 amide bonds. The van der Waals surface area contributed by atoms with Crippen LogP contribution in [0.4, 0.5) is 0 Å². The molecule has 0 saturated heterocycles. The Morgan fingerprint density at radius 3 is 1.38 bits per heavy atom. The van der Waals surface area contributed by atoms with E-state index in [9.17, 15) is 14.4 Å². The van der Waals surface area contributed by atoms with Crippen LogP contribution in [0, 0.1) is 0 Å². The van der Waals surface area contributed by atoms with E-state index in [0.29, 0.717) is 0 Å². The van der Waals surface area contributed by atoms with E-state index in [1.807, 2.05) is 0 Å². The fraction of sp³-hybridized carbons (Fsp3) is 0.421. The number of hydrogen-bond acceptors (Lipinski definition) is 7. The van der Waals surface area contributed by atoms with Crippen molar-refractivity contribution in [3.8, 4) is 0 Å². The van der Waals surface area contributed by atoms with Crippen LogP contribution in [0.15, 0.2) is 33.5 Å². The molecule has 0 aliphatic heterocycles. The lowest BCUT2D eigenvalue weighted by molar-refractivity contribution is 0.00568. The zero-order valence-corrected chi connectivity index (χ0v) is 15.7. The average molecular weight is 362 g/mol. The molecule has 7 nitrogen and oxygen atoms in total. The van der Waals surface area contributed by atoms with Crippen LogP contribution in [0.25, 0.3) is 0 Å². The number of ketones is 1. The van der Waals surface area contributed by atoms with Gasteiger partial charge in [-0.25, -0.2) is 9.59 Å². The van der Waals surface area contributed by atoms with Gasteiger partial charge in [-0.2, -0.15) is 0 Å². The molecule has 0 unspecified atom stereocenters. The van der Waals surface area contributed by atoms with Crippen molar-refractivity contribution in [1.82, 2.24) is 0 Å². The molecule has 26 heavy (non-hydrogen) atoms. The zero-order valence-electron chi connectivity index (χ0n) is 15.7. The Morgan fingerprint density at radius 2 is 1.08 bits per heavy atom. The number of esters is 2. The van der Waals surface area contributed by atoms with Crippen LogP contribution >= 0.6 is 0 Å². The maximum absolute atomic E-state index is 12.7. The van der Waals surface area contributed by atoms with Crippen molar-refractivity contribution in [2.24, 2.45) is 0 Å². The van der Waals surface area contributed by atoms with Crippen LogP contribution < -0.4 is 0 Å². The van der Waals surface area contributed by atoms with Gasteiger partial charge in [0, 0.05) is 0 Å². The van der Waals surface area contributed by atoms with Crippen molar-refractivity contribution in [3.05, 3.63) is 47.3 Å². The molecule has 2 aromatic heterocycles. The average Bonchev–Trinajstić information content (AvgIpc) is 3.12. The van der Waals surface area contributed by atoms with Crippen molar-refractivity contribution >= 4 is 17.7 Å². The number of furan rings is 2. The summed E-state index contributed by atoms with van der Waals surface area (Å²) in [5.74, 6) is -2.69. The normalized spacial score (nSPS) is 11.9. The molecule has 0 radical (unpaired) electrons. The Morgan fingerprint density at radius 1 is 0.731 bits per heavy atom. The predicted molar refractivity (Wildman–Crippen MR) is 91.2 cm³/mol. The second kappa shape index (κ2) is 6.82. The molecule has 2 aromatic rings. The summed E-state index contributed by atoms with van der Waals surface area (Å²) in [5.41, 5.74) is -1.56. The highest BCUT2D eigenvalue weighted by Crippen LogP contribution is 2.23. The van der Waals surface area contributed by atoms with Gasteiger partial charge in [-0.3, -0.25) is 4.79 Å². The molecule has 0 aliphatic carbocycles. The van der Waals surface area contributed by atoms with Crippen LogP contribution in [0.5, 0.6) is 0 Å². The summed E-state index contributed by atoms with van der Waals surface area (Å²) in [5, 5.41) is 0. The monoisotopic (exact) mass is 362 g/mol. The van der Waals surface area contributed by atoms with E-state index < -0.39 is 28.9 Å². The Hall–Kier alpha value is -2.83. The number of rotatable bonds is 4. The van der Waals surface area contributed by atoms with Crippen molar-refractivity contribution in [2.75, 3.05) is 0 Å². The maximum atomic E-state index is 12.7. The molecule has 0 bridgehead atoms. The van der Waals surface area contributed by atoms with E-state index in [-0.39, 0.29) is 22.6 Å². The van der Waals surface area contributed by atoms with Gasteiger partial charge >= 0.3 is 11.9 Å². The molecular formula is C19H22O7. The molecule has 2 heterocycles. The van der Waals surface area contributed by atoms with Gasteiger partial charge in [0.25, 0.3) is 5.78 Å². The molecule has 0 aromatic carbocycles. The summed E-state index contributed by atoms with van der Waals surface area (Å²) in [7, 11) is 0. The lowest BCUT2D eigenvalue weighted by Gasteiger charge is -2.19. The molecule has 0 spiro atoms. The van der Waals surface area contributed by atoms with Crippen molar-refractivity contribution in [1.29, 1.82) is 0 Å². The van der Waals surface area contributed by atoms with E-state index in [2.05, 4.69) is 0 Å². The number of carbonyl (C=O) groups is 3. The maximum Gasteiger partial charge on any atom is 0.342 e. The minimum Gasteiger partial charge on any atom is -0.460 e. The smallest absolute Gasteiger partial charge is 0.342 e. The molecule has 7 heteroatoms. The first kappa shape index (κ1) is 19.5. The standard InChI is InChI=1S/C19H22O7/c1-18(2,3)25-16(21)11-7-9-23-14(11)13(20)15-12(8-10-24-15)17(22)26-19(4,5)6/h7-10H,1-6H3. The van der Waals surface area contributed by atoms with Crippen LogP contribution in [-0.4, -0.2) is 28.9 Å². The third kappa shape index (κ3) is 4.62. The number of carbonyl (C=O) groups excluding carboxylic acids is 3. The molecule has 0 atom stereocenters. The van der Waals surface area contributed by atoms with Gasteiger partial charge < -0.3 is 18.3 Å². The van der Waals surface area contributed by atoms with Crippen LogP contribution in [-0.2, 0) is 9.47 Å². The second-order valence-electron chi connectivity index (χ2n) is 7.66. The van der Waals surface area contributed by atoms with E-state index in [0.717, 1.165) is 0 Å². The van der Waals surface area contributed by atoms with E-state index in [1.54, 1.807) is 41.5 Å². The van der Waals surface area contributed by atoms with E-state index in [4.69, 9.17) is 18.3 Å². The third-order valence-corrected chi connectivity index (χ3v) is 2.98. The minimum absolute atomic E-state index is 0.0449. The molecule has 0 N–H and O–H groups in total. The number of ether oxygens (including phenoxy) is 2. The highest BCUT2D eigenvalue weighted by Gasteiger charge is 2.32. The molecule has 140 valence electrons. The Balaban J connectivity index is 2.33. The first-order valence-corrected chi connectivity index (χ1v) is 8.05. The van der Waals surface area contributed by atoms with Gasteiger partial charge in [-0.15, -0.1) is 0 Å². The highest BCUT2D eigenvalue weighted by atomic mass is 16.6. The fourth-order valence-electron chi connectivity index (χ4n) is 2.06. The first-order valence-electron chi connectivity index (χ1n) is 8.05. The van der Waals surface area contributed by atoms with Gasteiger partial charge in [0.1, 0.15) is 22.3 Å². The quantitative estimate of drug-likeness (QED) is 0.599. The fourth-order valence-corrected chi connectivity index (χ4v) is 2.06. The van der Waals surface area contributed by atoms with Crippen molar-refractivity contribution in [3.63, 3.8) is 0 Å². The minimum atomic E-state index is -0.748. The summed E-state index contributed by atoms with van der Waals surface area (Å²) in [6.45, 7) is 10.2. The summed E-state index contributed by atoms with van der Waals surface area (Å²) >= 11 is 0. The lowest BCUT2D eigenvalue weighted by atomic mass is 10.1. The van der Waals surface area contributed by atoms with Gasteiger partial charge in [-0.1, -0.05) is 0 Å². The highest BCUT2D eigenvalue weighted by molar-refractivity contribution is 6.15. The SMILES string of the molecule is CC(C)(C)OC(=O)c1ccoc1C(=O)c1occc1C(=O)OC(C)(C)C. The van der Waals surface area contributed by atoms with Gasteiger partial charge in [0.05, 0.1) is 12.5 Å². The van der Waals surface area contributed by atoms with Crippen molar-refractivity contribution < 1.29 is 32.7 Å². The molecular weight excluding hydrogens is 340 g/mol. The van der Waals surface area contributed by atoms with E-state index in [1.165, 1.54) is 24.7 Å². The van der Waals surface area contributed by atoms with Gasteiger partial charge in [0.15, 0.2) is 11.5 Å². The Bertz CT molecular complexity index is 756. The topological polar surface area (TPSA) is 96.0 Å². The summed E-state index contributed by atoms with van der Waals surface area (Å²) in [6, 6.07) is 2.66. The van der Waals surface area contributed by atoms with Gasteiger partial charge in [0.2, 0.25) is 0 Å². The Kier molecular flexibility index (Phi) is 5.11. The molecule has 0 aliphatic rings. The Labute approximate surface area is 151 Å². The van der Waals surface area contributed by atoms with Crippen LogP contribution in [0.2, 0.25) is 0 Å². The van der Waals surface area contributed by atoms with E-state index >= 15 is 0 Å². The predicted octanol–water partition coefficient (Wildman–Crippen LogP) is 4.01. The second-order valence-corrected chi connectivity index (χ2v) is 7.66. The zero-order chi connectivity index (χ0) is 19.7. The largest absolute Gasteiger partial charge is 0.460 e. The van der Waals surface area contributed by atoms with Crippen LogP contribution in [0.1, 0.15) is 78.6 Å². The van der Waals surface area contributed by atoms with Gasteiger partial charge in [-0.05, 0) is 53.7 Å². The number of hydrogen-bond donors (Lipinski definition) is 0. The third-order valence-electron chi connectivity index (χ3n) is 2.98. The molecule has 2 rings (SSSR count). The van der Waals surface area contributed by atoms with Crippen LogP contribution in [0.3, 0.4) is 0 Å². The molecule has 0 saturated carbocycles. The summed E-state index contributed by atoms with van der Waals surface area (Å²) < 4.78 is 20.8. The lowest BCUT2D eigenvalue weighted by Crippen LogP contribution is -2.25. The summed E-state index contributed by atoms with van der Waals surface area (Å²) in [6.07, 6.45) is 2.39. The summed E-state index contributed by atoms with van der Waals surface area (Å²) in [4.78, 5) is 37.3. The first-order chi connectivity index (χ1) is 11.9. The van der Waals surface area contributed by atoms with Crippen molar-refractivity contribution in [2.45, 2.75) is 52.7 Å². The molecule has 0 fully saturated rings.